The lowest BCUT2D eigenvalue weighted by Crippen LogP contribution is -2.47. The number of rotatable bonds is 50. The second-order valence-electron chi connectivity index (χ2n) is 36.7. The summed E-state index contributed by atoms with van der Waals surface area (Å²) >= 11 is 0. The Morgan fingerprint density at radius 3 is 0.643 bits per heavy atom. The summed E-state index contributed by atoms with van der Waals surface area (Å²) in [7, 11) is 0. The molecule has 6 heterocycles. The molecule has 0 N–H and O–H groups in total. The van der Waals surface area contributed by atoms with Crippen LogP contribution in [0.3, 0.4) is 0 Å². The van der Waals surface area contributed by atoms with Gasteiger partial charge in [0.1, 0.15) is 35.5 Å². The van der Waals surface area contributed by atoms with Crippen LogP contribution < -0.4 is 38.9 Å². The smallest absolute Gasteiger partial charge is 0.119 e. The summed E-state index contributed by atoms with van der Waals surface area (Å²) in [5, 5.41) is 9.37. The molecule has 0 saturated heterocycles. The van der Waals surface area contributed by atoms with E-state index in [0.717, 1.165) is 123 Å². The third-order valence-electron chi connectivity index (χ3n) is 27.7. The topological polar surface area (TPSA) is 62.6 Å². The Hall–Kier alpha value is -10.7. The van der Waals surface area contributed by atoms with Gasteiger partial charge in [-0.05, 0) is 195 Å². The van der Waals surface area contributed by atoms with Crippen LogP contribution in [0, 0.1) is 23.7 Å². The van der Waals surface area contributed by atoms with Crippen LogP contribution in [-0.2, 0) is 24.0 Å². The summed E-state index contributed by atoms with van der Waals surface area (Å²) in [6.07, 6.45) is 45.3. The van der Waals surface area contributed by atoms with E-state index in [2.05, 4.69) is 263 Å². The summed E-state index contributed by atoms with van der Waals surface area (Å²) in [4.78, 5) is 16.2. The van der Waals surface area contributed by atoms with Gasteiger partial charge in [0.25, 0.3) is 0 Å². The molecule has 0 fully saturated rings. The van der Waals surface area contributed by atoms with E-state index in [1.165, 1.54) is 294 Å². The first-order chi connectivity index (χ1) is 62.3. The van der Waals surface area contributed by atoms with Crippen LogP contribution in [0.15, 0.2) is 216 Å². The van der Waals surface area contributed by atoms with Crippen molar-refractivity contribution >= 4 is 79.6 Å². The molecule has 10 heteroatoms. The van der Waals surface area contributed by atoms with Crippen LogP contribution in [-0.4, -0.2) is 39.3 Å². The SMILES string of the molecule is CCCCCCCCN1c2cccc3c2C2(C#Cc4cccc(COc5ccc(N=Nc6ccc(OCc7cccc(C#CC89c%10c%11cccc%10N(CCCCCCCC)c%10cccc(c%108)N(CCCCCCCC)c8cccc(c89)N%11CCCCCCCC)c7)cc6)cc5)c4)c4c1cccc4N(CCCCCCCC)c1cccc(c12)N3CCCCCCCC. The minimum atomic E-state index is -0.703. The van der Waals surface area contributed by atoms with E-state index < -0.39 is 10.8 Å². The first kappa shape index (κ1) is 88.7. The van der Waals surface area contributed by atoms with Gasteiger partial charge >= 0.3 is 0 Å². The van der Waals surface area contributed by atoms with Gasteiger partial charge in [0, 0.05) is 152 Å². The zero-order chi connectivity index (χ0) is 86.3. The largest absolute Gasteiger partial charge is 0.489 e. The van der Waals surface area contributed by atoms with Gasteiger partial charge in [-0.1, -0.05) is 319 Å². The molecule has 6 aliphatic rings. The number of anilines is 12. The van der Waals surface area contributed by atoms with Crippen molar-refractivity contribution in [1.29, 1.82) is 0 Å². The lowest BCUT2D eigenvalue weighted by Gasteiger charge is -2.54. The normalized spacial score (nSPS) is 14.0. The Labute approximate surface area is 757 Å². The van der Waals surface area contributed by atoms with E-state index >= 15 is 0 Å². The zero-order valence-corrected chi connectivity index (χ0v) is 77.1. The van der Waals surface area contributed by atoms with E-state index in [1.807, 2.05) is 48.5 Å². The highest BCUT2D eigenvalue weighted by molar-refractivity contribution is 6.04. The molecule has 0 aromatic heterocycles. The Morgan fingerprint density at radius 2 is 0.429 bits per heavy atom. The highest BCUT2D eigenvalue weighted by Gasteiger charge is 2.58. The van der Waals surface area contributed by atoms with Crippen LogP contribution in [0.5, 0.6) is 11.5 Å². The Bertz CT molecular complexity index is 4610. The fraction of sp³-hybridized carbons (Fsp3) is 0.448. The average Bonchev–Trinajstić information content (AvgIpc) is 0.667. The van der Waals surface area contributed by atoms with Gasteiger partial charge in [0.2, 0.25) is 0 Å². The molecular formula is C116H140N8O2. The maximum Gasteiger partial charge on any atom is 0.119 e. The number of ether oxygens (including phenoxy) is 2. The number of azo groups is 1. The monoisotopic (exact) mass is 1680 g/mol. The molecule has 0 saturated carbocycles. The van der Waals surface area contributed by atoms with Gasteiger partial charge in [0.15, 0.2) is 0 Å². The van der Waals surface area contributed by atoms with E-state index in [4.69, 9.17) is 9.47 Å². The molecule has 0 aliphatic carbocycles. The van der Waals surface area contributed by atoms with Crippen molar-refractivity contribution in [3.63, 3.8) is 0 Å². The molecule has 0 radical (unpaired) electrons. The molecule has 656 valence electrons. The minimum Gasteiger partial charge on any atom is -0.489 e. The molecule has 10 aromatic rings. The van der Waals surface area contributed by atoms with Gasteiger partial charge in [-0.2, -0.15) is 10.2 Å². The van der Waals surface area contributed by atoms with Crippen molar-refractivity contribution in [2.45, 2.75) is 297 Å². The fourth-order valence-corrected chi connectivity index (χ4v) is 21.3. The highest BCUT2D eigenvalue weighted by atomic mass is 16.5. The molecule has 6 aliphatic heterocycles. The molecule has 0 spiro atoms. The quantitative estimate of drug-likeness (QED) is 0.0212. The van der Waals surface area contributed by atoms with Crippen molar-refractivity contribution < 1.29 is 9.47 Å². The summed E-state index contributed by atoms with van der Waals surface area (Å²) in [6, 6.07) is 76.3. The van der Waals surface area contributed by atoms with Crippen LogP contribution in [0.1, 0.15) is 328 Å². The Kier molecular flexibility index (Phi) is 30.8. The lowest BCUT2D eigenvalue weighted by atomic mass is 9.61. The third-order valence-corrected chi connectivity index (χ3v) is 27.7. The Morgan fingerprint density at radius 1 is 0.230 bits per heavy atom. The molecule has 0 amide bonds. The van der Waals surface area contributed by atoms with Gasteiger partial charge in [-0.25, -0.2) is 0 Å². The van der Waals surface area contributed by atoms with E-state index in [1.54, 1.807) is 0 Å². The number of benzene rings is 10. The molecule has 0 bridgehead atoms. The van der Waals surface area contributed by atoms with E-state index in [9.17, 15) is 0 Å². The second kappa shape index (κ2) is 43.7. The van der Waals surface area contributed by atoms with E-state index in [0.29, 0.717) is 13.2 Å². The minimum absolute atomic E-state index is 0.398. The Balaban J connectivity index is 0.618. The van der Waals surface area contributed by atoms with Crippen LogP contribution >= 0.6 is 0 Å². The predicted octanol–water partition coefficient (Wildman–Crippen LogP) is 32.9. The van der Waals surface area contributed by atoms with Crippen molar-refractivity contribution in [3.05, 3.63) is 262 Å². The van der Waals surface area contributed by atoms with Crippen molar-refractivity contribution in [2.24, 2.45) is 10.2 Å². The van der Waals surface area contributed by atoms with Crippen LogP contribution in [0.25, 0.3) is 0 Å². The highest BCUT2D eigenvalue weighted by Crippen LogP contribution is 2.69. The summed E-state index contributed by atoms with van der Waals surface area (Å²) in [5.74, 6) is 18.0. The van der Waals surface area contributed by atoms with Crippen molar-refractivity contribution in [2.75, 3.05) is 68.7 Å². The fourth-order valence-electron chi connectivity index (χ4n) is 21.3. The number of nitrogens with zero attached hydrogens (tertiary/aromatic N) is 8. The molecule has 0 atom stereocenters. The first-order valence-electron chi connectivity index (χ1n) is 49.9. The molecule has 16 rings (SSSR count). The second-order valence-corrected chi connectivity index (χ2v) is 36.7. The molecular weight excluding hydrogens is 1540 g/mol. The lowest BCUT2D eigenvalue weighted by molar-refractivity contribution is 0.306. The number of hydrogen-bond acceptors (Lipinski definition) is 10. The van der Waals surface area contributed by atoms with Crippen LogP contribution in [0.2, 0.25) is 0 Å². The molecule has 10 aromatic carbocycles. The molecule has 10 nitrogen and oxygen atoms in total. The number of hydrogen-bond donors (Lipinski definition) is 0. The predicted molar refractivity (Wildman–Crippen MR) is 533 cm³/mol. The van der Waals surface area contributed by atoms with Crippen molar-refractivity contribution in [3.8, 4) is 35.2 Å². The van der Waals surface area contributed by atoms with Crippen molar-refractivity contribution in [1.82, 2.24) is 0 Å². The maximum atomic E-state index is 6.58. The molecule has 0 unspecified atom stereocenters. The average molecular weight is 1680 g/mol. The van der Waals surface area contributed by atoms with E-state index in [-0.39, 0.29) is 0 Å². The van der Waals surface area contributed by atoms with Gasteiger partial charge in [0.05, 0.1) is 11.4 Å². The summed E-state index contributed by atoms with van der Waals surface area (Å²) in [6.45, 7) is 20.6. The van der Waals surface area contributed by atoms with Gasteiger partial charge < -0.3 is 38.9 Å². The first-order valence-corrected chi connectivity index (χ1v) is 49.9. The van der Waals surface area contributed by atoms with Gasteiger partial charge in [-0.15, -0.1) is 0 Å². The standard InChI is InChI=1S/C116H140N8O2/c1-7-13-19-25-31-37-79-119-97-55-45-57-99-109(97)115(110-98(119)56-46-58-100(110)121(81-39-33-27-21-15-9-3)102-60-47-59-101(111(102)115)120(99)80-38-32-26-20-14-8-2)77-75-89-51-43-53-91(85-89)87-125-95-71-67-93(68-72-95)117-118-94-69-73-96(74-70-94)126-88-92-54-44-52-90(86-92)76-78-116-112-103-61-48-63-105(112)123(83-41-35-29-23-17-11-5)107-65-50-66-108(114(107)116)124(84-42-36-30-24-18-12-6)106-64-49-62-104(113(106)116)122(103)82-40-34-28-22-16-10-4/h43-74,85-86H,7-42,79-84,87-88H2,1-6H3. The maximum absolute atomic E-state index is 6.58. The van der Waals surface area contributed by atoms with Gasteiger partial charge in [-0.3, -0.25) is 0 Å². The number of unbranched alkanes of at least 4 members (excludes halogenated alkanes) is 30. The van der Waals surface area contributed by atoms with Crippen LogP contribution in [0.4, 0.5) is 79.6 Å². The third kappa shape index (κ3) is 19.3. The summed E-state index contributed by atoms with van der Waals surface area (Å²) < 4.78 is 13.2. The summed E-state index contributed by atoms with van der Waals surface area (Å²) in [5.41, 5.74) is 28.0. The zero-order valence-electron chi connectivity index (χ0n) is 77.1. The molecule has 126 heavy (non-hydrogen) atoms.